The summed E-state index contributed by atoms with van der Waals surface area (Å²) in [4.78, 5) is 29.7. The molecule has 30 heavy (non-hydrogen) atoms. The van der Waals surface area contributed by atoms with Gasteiger partial charge in [-0.2, -0.15) is 0 Å². The molecule has 1 aromatic carbocycles. The van der Waals surface area contributed by atoms with Crippen molar-refractivity contribution in [2.45, 2.75) is 6.54 Å². The zero-order valence-electron chi connectivity index (χ0n) is 15.7. The van der Waals surface area contributed by atoms with E-state index in [2.05, 4.69) is 4.98 Å². The van der Waals surface area contributed by atoms with Gasteiger partial charge in [-0.25, -0.2) is 0 Å². The number of amides is 1. The maximum atomic E-state index is 13.0. The Morgan fingerprint density at radius 3 is 2.80 bits per heavy atom. The minimum absolute atomic E-state index is 0.0610. The van der Waals surface area contributed by atoms with Crippen molar-refractivity contribution in [1.82, 2.24) is 4.98 Å². The maximum absolute atomic E-state index is 13.0. The molecule has 4 rings (SSSR count). The highest BCUT2D eigenvalue weighted by Gasteiger charge is 2.23. The Hall–Kier alpha value is -3.66. The number of thiophene rings is 1. The van der Waals surface area contributed by atoms with Crippen LogP contribution in [0.25, 0.3) is 0 Å². The largest absolute Gasteiger partial charge is 0.486 e. The van der Waals surface area contributed by atoms with Crippen LogP contribution in [0.3, 0.4) is 0 Å². The van der Waals surface area contributed by atoms with E-state index in [4.69, 9.17) is 14.2 Å². The van der Waals surface area contributed by atoms with E-state index >= 15 is 0 Å². The van der Waals surface area contributed by atoms with E-state index < -0.39 is 10.7 Å². The lowest BCUT2D eigenvalue weighted by molar-refractivity contribution is -0.390. The average Bonchev–Trinajstić information content (AvgIpc) is 3.29. The molecule has 10 heteroatoms. The summed E-state index contributed by atoms with van der Waals surface area (Å²) in [7, 11) is 0. The number of ether oxygens (including phenoxy) is 3. The molecule has 0 aliphatic carbocycles. The number of hydrogen-bond acceptors (Lipinski definition) is 8. The number of benzene rings is 1. The molecule has 0 unspecified atom stereocenters. The molecule has 3 aromatic rings. The van der Waals surface area contributed by atoms with Crippen LogP contribution in [0.2, 0.25) is 0 Å². The van der Waals surface area contributed by atoms with Crippen LogP contribution in [0.15, 0.2) is 54.0 Å². The number of fused-ring (bicyclic) bond motifs is 1. The smallest absolute Gasteiger partial charge is 0.406 e. The number of pyridine rings is 1. The molecule has 2 aromatic heterocycles. The van der Waals surface area contributed by atoms with Crippen molar-refractivity contribution in [3.05, 3.63) is 69.0 Å². The van der Waals surface area contributed by atoms with Crippen LogP contribution in [-0.2, 0) is 11.3 Å². The summed E-state index contributed by atoms with van der Waals surface area (Å²) in [5, 5.41) is 13.0. The Bertz CT molecular complexity index is 1060. The molecule has 0 bridgehead atoms. The summed E-state index contributed by atoms with van der Waals surface area (Å²) in [6, 6.07) is 12.0. The molecular weight excluding hydrogens is 410 g/mol. The quantitative estimate of drug-likeness (QED) is 0.420. The molecule has 3 heterocycles. The highest BCUT2D eigenvalue weighted by atomic mass is 32.1. The van der Waals surface area contributed by atoms with Crippen molar-refractivity contribution in [2.75, 3.05) is 24.7 Å². The van der Waals surface area contributed by atoms with Gasteiger partial charge >= 0.3 is 5.82 Å². The summed E-state index contributed by atoms with van der Waals surface area (Å²) in [5.41, 5.74) is 0.613. The van der Waals surface area contributed by atoms with Crippen LogP contribution < -0.4 is 19.1 Å². The van der Waals surface area contributed by atoms with E-state index in [-0.39, 0.29) is 18.3 Å². The fourth-order valence-electron chi connectivity index (χ4n) is 2.93. The monoisotopic (exact) mass is 427 g/mol. The number of nitrogens with zero attached hydrogens (tertiary/aromatic N) is 3. The van der Waals surface area contributed by atoms with Crippen molar-refractivity contribution in [1.29, 1.82) is 0 Å². The zero-order valence-corrected chi connectivity index (χ0v) is 16.5. The first-order chi connectivity index (χ1) is 14.6. The highest BCUT2D eigenvalue weighted by Crippen LogP contribution is 2.35. The third-order valence-electron chi connectivity index (χ3n) is 4.31. The van der Waals surface area contributed by atoms with Gasteiger partial charge in [0.05, 0.1) is 6.54 Å². The van der Waals surface area contributed by atoms with Gasteiger partial charge < -0.3 is 29.2 Å². The Morgan fingerprint density at radius 2 is 2.03 bits per heavy atom. The second kappa shape index (κ2) is 8.78. The van der Waals surface area contributed by atoms with Gasteiger partial charge in [-0.15, -0.1) is 11.3 Å². The average molecular weight is 427 g/mol. The van der Waals surface area contributed by atoms with Crippen molar-refractivity contribution < 1.29 is 23.9 Å². The van der Waals surface area contributed by atoms with E-state index in [1.807, 2.05) is 17.5 Å². The summed E-state index contributed by atoms with van der Waals surface area (Å²) in [6.07, 6.45) is 1.30. The van der Waals surface area contributed by atoms with Gasteiger partial charge in [0.1, 0.15) is 19.4 Å². The summed E-state index contributed by atoms with van der Waals surface area (Å²) < 4.78 is 16.6. The lowest BCUT2D eigenvalue weighted by Crippen LogP contribution is -2.34. The molecule has 1 aliphatic rings. The van der Waals surface area contributed by atoms with Gasteiger partial charge in [0.2, 0.25) is 5.75 Å². The second-order valence-corrected chi connectivity index (χ2v) is 7.29. The predicted octanol–water partition coefficient (Wildman–Crippen LogP) is 3.43. The predicted molar refractivity (Wildman–Crippen MR) is 109 cm³/mol. The molecule has 0 radical (unpaired) electrons. The number of aromatic nitrogens is 1. The topological polar surface area (TPSA) is 104 Å². The molecule has 0 saturated heterocycles. The van der Waals surface area contributed by atoms with Crippen LogP contribution >= 0.6 is 11.3 Å². The van der Waals surface area contributed by atoms with E-state index in [0.29, 0.717) is 36.9 Å². The van der Waals surface area contributed by atoms with Gasteiger partial charge in [0, 0.05) is 16.6 Å². The first-order valence-electron chi connectivity index (χ1n) is 9.06. The minimum Gasteiger partial charge on any atom is -0.486 e. The standard InChI is InChI=1S/C20H17N3O6S/c24-19(13-29-17-4-1-7-21-20(17)23(25)26)22(12-15-3-2-10-30-15)14-5-6-16-18(11-14)28-9-8-27-16/h1-7,10-11H,8-9,12-13H2. The second-order valence-electron chi connectivity index (χ2n) is 6.26. The molecular formula is C20H17N3O6S. The molecule has 154 valence electrons. The minimum atomic E-state index is -0.649. The number of carbonyl (C=O) groups excluding carboxylic acids is 1. The van der Waals surface area contributed by atoms with E-state index in [9.17, 15) is 14.9 Å². The number of hydrogen-bond donors (Lipinski definition) is 0. The summed E-state index contributed by atoms with van der Waals surface area (Å²) in [6.45, 7) is 0.853. The lowest BCUT2D eigenvalue weighted by atomic mass is 10.2. The van der Waals surface area contributed by atoms with E-state index in [1.165, 1.54) is 29.7 Å². The third kappa shape index (κ3) is 4.33. The van der Waals surface area contributed by atoms with Gasteiger partial charge in [-0.3, -0.25) is 4.79 Å². The SMILES string of the molecule is O=C(COc1cccnc1[N+](=O)[O-])N(Cc1cccs1)c1ccc2c(c1)OCCO2. The van der Waals surface area contributed by atoms with Crippen LogP contribution in [-0.4, -0.2) is 35.6 Å². The zero-order chi connectivity index (χ0) is 20.9. The van der Waals surface area contributed by atoms with E-state index in [1.54, 1.807) is 23.1 Å². The van der Waals surface area contributed by atoms with Crippen LogP contribution in [0.4, 0.5) is 11.5 Å². The van der Waals surface area contributed by atoms with Gasteiger partial charge in [-0.05, 0) is 45.6 Å². The molecule has 0 saturated carbocycles. The van der Waals surface area contributed by atoms with E-state index in [0.717, 1.165) is 4.88 Å². The normalized spacial score (nSPS) is 12.3. The van der Waals surface area contributed by atoms with Crippen molar-refractivity contribution in [3.8, 4) is 17.2 Å². The van der Waals surface area contributed by atoms with Crippen LogP contribution in [0.1, 0.15) is 4.88 Å². The fraction of sp³-hybridized carbons (Fsp3) is 0.200. The van der Waals surface area contributed by atoms with Crippen molar-refractivity contribution in [2.24, 2.45) is 0 Å². The summed E-state index contributed by atoms with van der Waals surface area (Å²) >= 11 is 1.52. The van der Waals surface area contributed by atoms with Crippen molar-refractivity contribution in [3.63, 3.8) is 0 Å². The van der Waals surface area contributed by atoms with Crippen LogP contribution in [0, 0.1) is 10.1 Å². The maximum Gasteiger partial charge on any atom is 0.406 e. The summed E-state index contributed by atoms with van der Waals surface area (Å²) in [5.74, 6) is 0.323. The highest BCUT2D eigenvalue weighted by molar-refractivity contribution is 7.09. The fourth-order valence-corrected chi connectivity index (χ4v) is 3.62. The Kier molecular flexibility index (Phi) is 5.75. The molecule has 0 N–H and O–H groups in total. The van der Waals surface area contributed by atoms with Crippen molar-refractivity contribution >= 4 is 28.7 Å². The molecule has 0 atom stereocenters. The Morgan fingerprint density at radius 1 is 1.20 bits per heavy atom. The molecule has 9 nitrogen and oxygen atoms in total. The first-order valence-corrected chi connectivity index (χ1v) is 9.94. The third-order valence-corrected chi connectivity index (χ3v) is 5.17. The molecule has 0 spiro atoms. The number of rotatable bonds is 7. The first kappa shape index (κ1) is 19.6. The van der Waals surface area contributed by atoms with Crippen LogP contribution in [0.5, 0.6) is 17.2 Å². The number of nitro groups is 1. The van der Waals surface area contributed by atoms with Gasteiger partial charge in [0.25, 0.3) is 5.91 Å². The lowest BCUT2D eigenvalue weighted by Gasteiger charge is -2.25. The number of anilines is 1. The molecule has 0 fully saturated rings. The Balaban J connectivity index is 1.57. The molecule has 1 aliphatic heterocycles. The Labute approximate surface area is 175 Å². The molecule has 1 amide bonds. The van der Waals surface area contributed by atoms with Gasteiger partial charge in [-0.1, -0.05) is 6.07 Å². The van der Waals surface area contributed by atoms with Gasteiger partial charge in [0.15, 0.2) is 18.1 Å². The number of carbonyl (C=O) groups is 1.